The summed E-state index contributed by atoms with van der Waals surface area (Å²) in [7, 11) is 2.17. The highest BCUT2D eigenvalue weighted by molar-refractivity contribution is 5.87. The molecule has 0 amide bonds. The highest BCUT2D eigenvalue weighted by Gasteiger charge is 2.23. The Balaban J connectivity index is 1.79. The van der Waals surface area contributed by atoms with Crippen LogP contribution >= 0.6 is 0 Å². The lowest BCUT2D eigenvalue weighted by Crippen LogP contribution is -2.49. The van der Waals surface area contributed by atoms with Gasteiger partial charge in [-0.2, -0.15) is 0 Å². The lowest BCUT2D eigenvalue weighted by atomic mass is 10.1. The summed E-state index contributed by atoms with van der Waals surface area (Å²) in [6.07, 6.45) is 4.73. The van der Waals surface area contributed by atoms with Gasteiger partial charge in [-0.15, -0.1) is 0 Å². The molecule has 4 rings (SSSR count). The van der Waals surface area contributed by atoms with Crippen molar-refractivity contribution in [1.82, 2.24) is 19.4 Å². The van der Waals surface area contributed by atoms with Crippen LogP contribution in [0, 0.1) is 0 Å². The van der Waals surface area contributed by atoms with Gasteiger partial charge in [-0.1, -0.05) is 18.2 Å². The number of hydrogen-bond donors (Lipinski definition) is 0. The zero-order valence-corrected chi connectivity index (χ0v) is 12.2. The molecule has 0 saturated carbocycles. The van der Waals surface area contributed by atoms with Gasteiger partial charge in [0, 0.05) is 45.0 Å². The minimum Gasteiger partial charge on any atom is -0.339 e. The van der Waals surface area contributed by atoms with E-state index >= 15 is 0 Å². The summed E-state index contributed by atoms with van der Waals surface area (Å²) in [4.78, 5) is 14.2. The predicted octanol–water partition coefficient (Wildman–Crippen LogP) is 1.57. The topological polar surface area (TPSA) is 36.7 Å². The van der Waals surface area contributed by atoms with Crippen LogP contribution < -0.4 is 0 Å². The molecule has 0 N–H and O–H groups in total. The second-order valence-corrected chi connectivity index (χ2v) is 5.72. The number of hydrogen-bond acceptors (Lipinski definition) is 4. The number of benzene rings is 1. The fraction of sp³-hybridized carbons (Fsp3) is 0.375. The number of likely N-dealkylation sites (N-methyl/N-ethyl adjacent to an activating group) is 1. The standard InChI is InChI=1S/C16H19N5/c1-19-8-10-20(11-9-19)16-18-14-5-3-2-4-13(14)12-15-17-6-7-21(15)16/h2-7H,8-12H2,1H3. The Bertz CT molecular complexity index is 679. The van der Waals surface area contributed by atoms with Crippen molar-refractivity contribution in [3.63, 3.8) is 0 Å². The maximum atomic E-state index is 4.95. The molecule has 2 aromatic rings. The first-order valence-electron chi connectivity index (χ1n) is 7.44. The van der Waals surface area contributed by atoms with Gasteiger partial charge in [0.15, 0.2) is 0 Å². The first-order chi connectivity index (χ1) is 10.3. The Morgan fingerprint density at radius 1 is 1.05 bits per heavy atom. The molecule has 1 aromatic carbocycles. The van der Waals surface area contributed by atoms with E-state index in [9.17, 15) is 0 Å². The minimum absolute atomic E-state index is 0.837. The number of fused-ring (bicyclic) bond motifs is 2. The molecule has 0 bridgehead atoms. The summed E-state index contributed by atoms with van der Waals surface area (Å²) in [6, 6.07) is 8.36. The quantitative estimate of drug-likeness (QED) is 0.735. The number of piperazine rings is 1. The molecule has 1 saturated heterocycles. The number of para-hydroxylation sites is 1. The van der Waals surface area contributed by atoms with Crippen LogP contribution in [0.1, 0.15) is 11.4 Å². The van der Waals surface area contributed by atoms with Crippen LogP contribution in [0.5, 0.6) is 0 Å². The first kappa shape index (κ1) is 12.6. The summed E-state index contributed by atoms with van der Waals surface area (Å²) in [5.41, 5.74) is 2.31. The van der Waals surface area contributed by atoms with Gasteiger partial charge in [0.05, 0.1) is 5.69 Å². The third-order valence-electron chi connectivity index (χ3n) is 4.28. The van der Waals surface area contributed by atoms with Gasteiger partial charge in [0.25, 0.3) is 0 Å². The molecule has 2 aliphatic heterocycles. The second-order valence-electron chi connectivity index (χ2n) is 5.72. The summed E-state index contributed by atoms with van der Waals surface area (Å²) in [5.74, 6) is 2.08. The number of rotatable bonds is 0. The fourth-order valence-corrected chi connectivity index (χ4v) is 2.98. The average molecular weight is 281 g/mol. The molecule has 5 nitrogen and oxygen atoms in total. The van der Waals surface area contributed by atoms with Crippen molar-refractivity contribution >= 4 is 11.6 Å². The summed E-state index contributed by atoms with van der Waals surface area (Å²) in [6.45, 7) is 4.17. The highest BCUT2D eigenvalue weighted by atomic mass is 15.4. The van der Waals surface area contributed by atoms with E-state index < -0.39 is 0 Å². The molecule has 1 fully saturated rings. The highest BCUT2D eigenvalue weighted by Crippen LogP contribution is 2.26. The molecule has 1 aromatic heterocycles. The van der Waals surface area contributed by atoms with Crippen molar-refractivity contribution < 1.29 is 0 Å². The van der Waals surface area contributed by atoms with Gasteiger partial charge in [0.1, 0.15) is 5.82 Å². The molecular weight excluding hydrogens is 262 g/mol. The fourth-order valence-electron chi connectivity index (χ4n) is 2.98. The van der Waals surface area contributed by atoms with Gasteiger partial charge in [-0.25, -0.2) is 9.98 Å². The first-order valence-corrected chi connectivity index (χ1v) is 7.44. The SMILES string of the molecule is CN1CCN(C2=Nc3ccccc3Cc3nccn32)CC1. The van der Waals surface area contributed by atoms with E-state index in [2.05, 4.69) is 50.7 Å². The van der Waals surface area contributed by atoms with Crippen molar-refractivity contribution in [2.45, 2.75) is 6.42 Å². The van der Waals surface area contributed by atoms with E-state index in [1.54, 1.807) is 0 Å². The molecule has 0 spiro atoms. The number of aliphatic imine (C=N–C) groups is 1. The Morgan fingerprint density at radius 2 is 1.86 bits per heavy atom. The Morgan fingerprint density at radius 3 is 2.71 bits per heavy atom. The molecule has 0 unspecified atom stereocenters. The van der Waals surface area contributed by atoms with Crippen molar-refractivity contribution in [2.24, 2.45) is 4.99 Å². The normalized spacial score (nSPS) is 18.7. The largest absolute Gasteiger partial charge is 0.339 e. The summed E-state index contributed by atoms with van der Waals surface area (Å²) >= 11 is 0. The molecule has 108 valence electrons. The predicted molar refractivity (Wildman–Crippen MR) is 83.0 cm³/mol. The van der Waals surface area contributed by atoms with Crippen molar-refractivity contribution in [1.29, 1.82) is 0 Å². The molecule has 0 aliphatic carbocycles. The zero-order chi connectivity index (χ0) is 14.2. The molecule has 3 heterocycles. The van der Waals surface area contributed by atoms with Gasteiger partial charge < -0.3 is 9.80 Å². The van der Waals surface area contributed by atoms with Crippen LogP contribution in [0.25, 0.3) is 0 Å². The van der Waals surface area contributed by atoms with Crippen LogP contribution in [0.4, 0.5) is 5.69 Å². The van der Waals surface area contributed by atoms with Crippen LogP contribution in [-0.4, -0.2) is 58.5 Å². The minimum atomic E-state index is 0.837. The Kier molecular flexibility index (Phi) is 3.00. The van der Waals surface area contributed by atoms with Gasteiger partial charge in [0.2, 0.25) is 5.96 Å². The summed E-state index contributed by atoms with van der Waals surface area (Å²) < 4.78 is 2.14. The van der Waals surface area contributed by atoms with E-state index in [0.29, 0.717) is 0 Å². The molecule has 5 heteroatoms. The Hall–Kier alpha value is -2.14. The molecule has 0 radical (unpaired) electrons. The number of nitrogens with zero attached hydrogens (tertiary/aromatic N) is 5. The van der Waals surface area contributed by atoms with E-state index in [0.717, 1.165) is 50.1 Å². The average Bonchev–Trinajstić information content (AvgIpc) is 2.89. The van der Waals surface area contributed by atoms with Crippen molar-refractivity contribution in [2.75, 3.05) is 33.2 Å². The van der Waals surface area contributed by atoms with Crippen LogP contribution in [0.3, 0.4) is 0 Å². The Labute approximate surface area is 124 Å². The van der Waals surface area contributed by atoms with Crippen molar-refractivity contribution in [3.05, 3.63) is 48.0 Å². The second kappa shape index (κ2) is 5.00. The van der Waals surface area contributed by atoms with Crippen molar-refractivity contribution in [3.8, 4) is 0 Å². The molecule has 0 atom stereocenters. The maximum Gasteiger partial charge on any atom is 0.211 e. The molecular formula is C16H19N5. The third-order valence-corrected chi connectivity index (χ3v) is 4.28. The molecule has 2 aliphatic rings. The third kappa shape index (κ3) is 2.23. The van der Waals surface area contributed by atoms with E-state index in [1.807, 2.05) is 12.4 Å². The summed E-state index contributed by atoms with van der Waals surface area (Å²) in [5, 5.41) is 0. The van der Waals surface area contributed by atoms with E-state index in [4.69, 9.17) is 4.99 Å². The van der Waals surface area contributed by atoms with E-state index in [1.165, 1.54) is 5.56 Å². The van der Waals surface area contributed by atoms with Crippen LogP contribution in [0.2, 0.25) is 0 Å². The van der Waals surface area contributed by atoms with Crippen LogP contribution in [-0.2, 0) is 6.42 Å². The van der Waals surface area contributed by atoms with Gasteiger partial charge >= 0.3 is 0 Å². The van der Waals surface area contributed by atoms with Gasteiger partial charge in [-0.05, 0) is 18.7 Å². The monoisotopic (exact) mass is 281 g/mol. The van der Waals surface area contributed by atoms with Gasteiger partial charge in [-0.3, -0.25) is 4.57 Å². The number of aromatic nitrogens is 2. The number of imidazole rings is 1. The lowest BCUT2D eigenvalue weighted by Gasteiger charge is -2.34. The lowest BCUT2D eigenvalue weighted by molar-refractivity contribution is 0.212. The van der Waals surface area contributed by atoms with Crippen LogP contribution in [0.15, 0.2) is 41.7 Å². The van der Waals surface area contributed by atoms with E-state index in [-0.39, 0.29) is 0 Å². The molecule has 21 heavy (non-hydrogen) atoms. The zero-order valence-electron chi connectivity index (χ0n) is 12.2. The maximum absolute atomic E-state index is 4.95. The smallest absolute Gasteiger partial charge is 0.211 e.